The van der Waals surface area contributed by atoms with Crippen LogP contribution in [-0.2, 0) is 0 Å². The SMILES string of the molecule is Cc1ccc(N2C(=O)c3ccccc3[C@H]2Nc2ccccc2Cl)nc1. The molecule has 0 fully saturated rings. The van der Waals surface area contributed by atoms with E-state index in [0.717, 1.165) is 16.8 Å². The number of para-hydroxylation sites is 1. The summed E-state index contributed by atoms with van der Waals surface area (Å²) in [5.74, 6) is 0.535. The summed E-state index contributed by atoms with van der Waals surface area (Å²) >= 11 is 6.30. The molecule has 0 bridgehead atoms. The second-order valence-corrected chi connectivity index (χ2v) is 6.39. The van der Waals surface area contributed by atoms with E-state index in [1.165, 1.54) is 0 Å². The number of aryl methyl sites for hydroxylation is 1. The summed E-state index contributed by atoms with van der Waals surface area (Å²) in [5.41, 5.74) is 3.41. The van der Waals surface area contributed by atoms with E-state index >= 15 is 0 Å². The predicted molar refractivity (Wildman–Crippen MR) is 100 cm³/mol. The van der Waals surface area contributed by atoms with E-state index in [1.54, 1.807) is 11.1 Å². The van der Waals surface area contributed by atoms with E-state index in [4.69, 9.17) is 11.6 Å². The lowest BCUT2D eigenvalue weighted by Gasteiger charge is -2.26. The molecule has 1 N–H and O–H groups in total. The standard InChI is InChI=1S/C20H16ClN3O/c1-13-10-11-18(22-12-13)24-19(23-17-9-5-4-8-16(17)21)14-6-2-3-7-15(14)20(24)25/h2-12,19,23H,1H3/t19-/m0/s1. The number of hydrogen-bond donors (Lipinski definition) is 1. The third-order valence-electron chi connectivity index (χ3n) is 4.27. The fraction of sp³-hybridized carbons (Fsp3) is 0.100. The van der Waals surface area contributed by atoms with Gasteiger partial charge in [-0.1, -0.05) is 48.0 Å². The first-order valence-corrected chi connectivity index (χ1v) is 8.39. The Morgan fingerprint density at radius 3 is 2.56 bits per heavy atom. The summed E-state index contributed by atoms with van der Waals surface area (Å²) in [5, 5.41) is 4.00. The quantitative estimate of drug-likeness (QED) is 0.737. The highest BCUT2D eigenvalue weighted by atomic mass is 35.5. The number of rotatable bonds is 3. The molecular weight excluding hydrogens is 334 g/mol. The summed E-state index contributed by atoms with van der Waals surface area (Å²) < 4.78 is 0. The Balaban J connectivity index is 1.80. The molecule has 5 heteroatoms. The number of aromatic nitrogens is 1. The van der Waals surface area contributed by atoms with Crippen LogP contribution >= 0.6 is 11.6 Å². The van der Waals surface area contributed by atoms with Crippen LogP contribution in [-0.4, -0.2) is 10.9 Å². The van der Waals surface area contributed by atoms with Crippen LogP contribution in [0.25, 0.3) is 0 Å². The van der Waals surface area contributed by atoms with Crippen LogP contribution in [0.2, 0.25) is 5.02 Å². The van der Waals surface area contributed by atoms with Crippen molar-refractivity contribution in [3.63, 3.8) is 0 Å². The van der Waals surface area contributed by atoms with Gasteiger partial charge >= 0.3 is 0 Å². The van der Waals surface area contributed by atoms with Gasteiger partial charge in [-0.15, -0.1) is 0 Å². The number of hydrogen-bond acceptors (Lipinski definition) is 3. The molecule has 1 aromatic heterocycles. The van der Waals surface area contributed by atoms with Crippen molar-refractivity contribution in [2.75, 3.05) is 10.2 Å². The van der Waals surface area contributed by atoms with Gasteiger partial charge in [-0.3, -0.25) is 9.69 Å². The molecule has 1 atom stereocenters. The predicted octanol–water partition coefficient (Wildman–Crippen LogP) is 4.81. The number of carbonyl (C=O) groups excluding carboxylic acids is 1. The maximum absolute atomic E-state index is 13.0. The van der Waals surface area contributed by atoms with E-state index in [0.29, 0.717) is 16.4 Å². The van der Waals surface area contributed by atoms with Gasteiger partial charge in [0.2, 0.25) is 0 Å². The molecule has 3 aromatic rings. The Morgan fingerprint density at radius 2 is 1.80 bits per heavy atom. The number of amides is 1. The lowest BCUT2D eigenvalue weighted by atomic mass is 10.1. The summed E-state index contributed by atoms with van der Waals surface area (Å²) in [6.45, 7) is 1.97. The zero-order chi connectivity index (χ0) is 17.4. The van der Waals surface area contributed by atoms with E-state index in [9.17, 15) is 4.79 Å². The maximum atomic E-state index is 13.0. The number of fused-ring (bicyclic) bond motifs is 1. The van der Waals surface area contributed by atoms with Gasteiger partial charge in [0, 0.05) is 17.3 Å². The third-order valence-corrected chi connectivity index (χ3v) is 4.60. The molecule has 1 aliphatic heterocycles. The van der Waals surface area contributed by atoms with Crippen LogP contribution in [0.4, 0.5) is 11.5 Å². The molecule has 0 aliphatic carbocycles. The van der Waals surface area contributed by atoms with E-state index < -0.39 is 0 Å². The van der Waals surface area contributed by atoms with Crippen molar-refractivity contribution in [3.8, 4) is 0 Å². The zero-order valence-electron chi connectivity index (χ0n) is 13.6. The maximum Gasteiger partial charge on any atom is 0.261 e. The number of carbonyl (C=O) groups is 1. The Kier molecular flexibility index (Phi) is 3.90. The molecule has 2 aromatic carbocycles. The first-order chi connectivity index (χ1) is 12.1. The first-order valence-electron chi connectivity index (χ1n) is 8.01. The van der Waals surface area contributed by atoms with Gasteiger partial charge in [0.05, 0.1) is 10.7 Å². The van der Waals surface area contributed by atoms with Gasteiger partial charge in [-0.2, -0.15) is 0 Å². The fourth-order valence-corrected chi connectivity index (χ4v) is 3.21. The van der Waals surface area contributed by atoms with Gasteiger partial charge in [-0.25, -0.2) is 4.98 Å². The normalized spacial score (nSPS) is 16.0. The average Bonchev–Trinajstić information content (AvgIpc) is 2.90. The molecular formula is C20H16ClN3O. The molecule has 25 heavy (non-hydrogen) atoms. The molecule has 0 saturated carbocycles. The molecule has 0 radical (unpaired) electrons. The summed E-state index contributed by atoms with van der Waals surface area (Å²) in [4.78, 5) is 19.1. The van der Waals surface area contributed by atoms with Crippen molar-refractivity contribution in [2.24, 2.45) is 0 Å². The largest absolute Gasteiger partial charge is 0.360 e. The van der Waals surface area contributed by atoms with Gasteiger partial charge in [0.1, 0.15) is 12.0 Å². The topological polar surface area (TPSA) is 45.2 Å². The van der Waals surface area contributed by atoms with Gasteiger partial charge in [0.15, 0.2) is 0 Å². The highest BCUT2D eigenvalue weighted by Gasteiger charge is 2.38. The Hall–Kier alpha value is -2.85. The number of pyridine rings is 1. The van der Waals surface area contributed by atoms with Crippen LogP contribution < -0.4 is 10.2 Å². The molecule has 0 saturated heterocycles. The molecule has 4 rings (SSSR count). The minimum absolute atomic E-state index is 0.0727. The third kappa shape index (κ3) is 2.75. The van der Waals surface area contributed by atoms with Crippen LogP contribution in [0.1, 0.15) is 27.7 Å². The van der Waals surface area contributed by atoms with Crippen molar-refractivity contribution >= 4 is 29.0 Å². The first kappa shape index (κ1) is 15.7. The Labute approximate surface area is 151 Å². The van der Waals surface area contributed by atoms with Crippen LogP contribution in [0, 0.1) is 6.92 Å². The summed E-state index contributed by atoms with van der Waals surface area (Å²) in [6, 6.07) is 18.9. The monoisotopic (exact) mass is 349 g/mol. The van der Waals surface area contributed by atoms with Gasteiger partial charge in [0.25, 0.3) is 5.91 Å². The number of halogens is 1. The van der Waals surface area contributed by atoms with Gasteiger partial charge in [-0.05, 0) is 36.8 Å². The van der Waals surface area contributed by atoms with Gasteiger partial charge < -0.3 is 5.32 Å². The molecule has 0 unspecified atom stereocenters. The summed E-state index contributed by atoms with van der Waals surface area (Å²) in [6.07, 6.45) is 1.40. The molecule has 4 nitrogen and oxygen atoms in total. The minimum atomic E-state index is -0.362. The second kappa shape index (κ2) is 6.22. The average molecular weight is 350 g/mol. The Morgan fingerprint density at radius 1 is 1.04 bits per heavy atom. The molecule has 0 spiro atoms. The van der Waals surface area contributed by atoms with Crippen molar-refractivity contribution in [1.82, 2.24) is 4.98 Å². The van der Waals surface area contributed by atoms with Crippen molar-refractivity contribution in [2.45, 2.75) is 13.1 Å². The van der Waals surface area contributed by atoms with Crippen molar-refractivity contribution in [1.29, 1.82) is 0 Å². The molecule has 1 aliphatic rings. The minimum Gasteiger partial charge on any atom is -0.360 e. The zero-order valence-corrected chi connectivity index (χ0v) is 14.4. The van der Waals surface area contributed by atoms with E-state index in [-0.39, 0.29) is 12.1 Å². The lowest BCUT2D eigenvalue weighted by molar-refractivity contribution is 0.0992. The summed E-state index contributed by atoms with van der Waals surface area (Å²) in [7, 11) is 0. The van der Waals surface area contributed by atoms with Crippen molar-refractivity contribution in [3.05, 3.63) is 88.6 Å². The number of benzene rings is 2. The van der Waals surface area contributed by atoms with E-state index in [2.05, 4.69) is 10.3 Å². The van der Waals surface area contributed by atoms with Crippen molar-refractivity contribution < 1.29 is 4.79 Å². The molecule has 124 valence electrons. The highest BCUT2D eigenvalue weighted by Crippen LogP contribution is 2.38. The Bertz CT molecular complexity index is 940. The molecule has 1 amide bonds. The van der Waals surface area contributed by atoms with Crippen LogP contribution in [0.15, 0.2) is 66.9 Å². The smallest absolute Gasteiger partial charge is 0.261 e. The van der Waals surface area contributed by atoms with E-state index in [1.807, 2.05) is 67.6 Å². The fourth-order valence-electron chi connectivity index (χ4n) is 3.02. The number of anilines is 2. The highest BCUT2D eigenvalue weighted by molar-refractivity contribution is 6.33. The molecule has 2 heterocycles. The number of nitrogens with one attached hydrogen (secondary N) is 1. The second-order valence-electron chi connectivity index (χ2n) is 5.98. The van der Waals surface area contributed by atoms with Crippen LogP contribution in [0.3, 0.4) is 0 Å². The lowest BCUT2D eigenvalue weighted by Crippen LogP contribution is -2.33. The van der Waals surface area contributed by atoms with Crippen LogP contribution in [0.5, 0.6) is 0 Å². The number of nitrogens with zero attached hydrogens (tertiary/aromatic N) is 2.